The van der Waals surface area contributed by atoms with Crippen molar-refractivity contribution in [2.45, 2.75) is 6.92 Å². The minimum atomic E-state index is -0.579. The number of rotatable bonds is 4. The molecule has 0 atom stereocenters. The fourth-order valence-electron chi connectivity index (χ4n) is 1.11. The van der Waals surface area contributed by atoms with Crippen LogP contribution in [-0.4, -0.2) is 18.5 Å². The quantitative estimate of drug-likeness (QED) is 0.684. The predicted octanol–water partition coefficient (Wildman–Crippen LogP) is 3.05. The molecule has 0 aliphatic heterocycles. The van der Waals surface area contributed by atoms with Crippen LogP contribution in [0.4, 0.5) is 5.69 Å². The molecule has 0 spiro atoms. The van der Waals surface area contributed by atoms with E-state index in [2.05, 4.69) is 10.1 Å². The van der Waals surface area contributed by atoms with Crippen LogP contribution in [0.1, 0.15) is 6.92 Å². The summed E-state index contributed by atoms with van der Waals surface area (Å²) in [6.07, 6.45) is 2.74. The molecule has 0 saturated heterocycles. The Morgan fingerprint density at radius 2 is 2.11 bits per heavy atom. The lowest BCUT2D eigenvalue weighted by Crippen LogP contribution is -2.20. The van der Waals surface area contributed by atoms with Crippen LogP contribution in [0.15, 0.2) is 30.4 Å². The number of halogens is 2. The Morgan fingerprint density at radius 3 is 2.78 bits per heavy atom. The molecule has 1 N–H and O–H groups in total. The molecule has 1 rings (SSSR count). The van der Waals surface area contributed by atoms with Crippen molar-refractivity contribution in [2.24, 2.45) is 0 Å². The van der Waals surface area contributed by atoms with Gasteiger partial charge in [0.1, 0.15) is 0 Å². The van der Waals surface area contributed by atoms with Crippen LogP contribution >= 0.6 is 23.2 Å². The molecule has 0 aliphatic carbocycles. The Labute approximate surface area is 115 Å². The normalized spacial score (nSPS) is 10.4. The molecule has 1 aromatic carbocycles. The van der Waals surface area contributed by atoms with Crippen LogP contribution in [0.25, 0.3) is 0 Å². The molecule has 0 radical (unpaired) electrons. The van der Waals surface area contributed by atoms with Crippen molar-refractivity contribution in [3.63, 3.8) is 0 Å². The van der Waals surface area contributed by atoms with Crippen molar-refractivity contribution in [3.05, 3.63) is 40.4 Å². The first-order chi connectivity index (χ1) is 8.54. The van der Waals surface area contributed by atoms with Crippen LogP contribution < -0.4 is 5.32 Å². The summed E-state index contributed by atoms with van der Waals surface area (Å²) in [5, 5.41) is 3.07. The molecule has 0 heterocycles. The van der Waals surface area contributed by atoms with E-state index in [1.54, 1.807) is 25.1 Å². The Morgan fingerprint density at radius 1 is 1.39 bits per heavy atom. The molecule has 0 fully saturated rings. The zero-order valence-electron chi connectivity index (χ0n) is 9.57. The van der Waals surface area contributed by atoms with Gasteiger partial charge in [0.15, 0.2) is 6.61 Å². The van der Waals surface area contributed by atoms with Gasteiger partial charge in [-0.15, -0.1) is 0 Å². The minimum Gasteiger partial charge on any atom is -0.452 e. The van der Waals surface area contributed by atoms with Gasteiger partial charge in [0.2, 0.25) is 0 Å². The van der Waals surface area contributed by atoms with Crippen LogP contribution in [-0.2, 0) is 14.3 Å². The first kappa shape index (κ1) is 14.5. The highest BCUT2D eigenvalue weighted by molar-refractivity contribution is 6.43. The fourth-order valence-corrected chi connectivity index (χ4v) is 1.46. The van der Waals surface area contributed by atoms with E-state index in [0.29, 0.717) is 10.7 Å². The zero-order chi connectivity index (χ0) is 13.5. The number of hydrogen-bond donors (Lipinski definition) is 1. The predicted molar refractivity (Wildman–Crippen MR) is 70.9 cm³/mol. The molecule has 1 aromatic rings. The maximum Gasteiger partial charge on any atom is 0.330 e. The van der Waals surface area contributed by atoms with Gasteiger partial charge >= 0.3 is 5.97 Å². The molecule has 0 aromatic heterocycles. The van der Waals surface area contributed by atoms with Gasteiger partial charge < -0.3 is 10.1 Å². The maximum atomic E-state index is 11.5. The number of esters is 1. The van der Waals surface area contributed by atoms with E-state index < -0.39 is 11.9 Å². The summed E-state index contributed by atoms with van der Waals surface area (Å²) in [6.45, 7) is 1.29. The number of amides is 1. The third-order valence-electron chi connectivity index (χ3n) is 1.87. The lowest BCUT2D eigenvalue weighted by Gasteiger charge is -2.07. The second-order valence-electron chi connectivity index (χ2n) is 3.26. The first-order valence-electron chi connectivity index (χ1n) is 5.08. The van der Waals surface area contributed by atoms with Gasteiger partial charge in [-0.3, -0.25) is 4.79 Å². The van der Waals surface area contributed by atoms with E-state index in [-0.39, 0.29) is 11.6 Å². The van der Waals surface area contributed by atoms with Gasteiger partial charge in [0, 0.05) is 6.08 Å². The highest BCUT2D eigenvalue weighted by Gasteiger charge is 2.09. The summed E-state index contributed by atoms with van der Waals surface area (Å²) in [5.41, 5.74) is 0.372. The fraction of sp³-hybridized carbons (Fsp3) is 0.167. The third kappa shape index (κ3) is 4.39. The molecular weight excluding hydrogens is 277 g/mol. The van der Waals surface area contributed by atoms with Crippen LogP contribution in [0.2, 0.25) is 10.0 Å². The van der Waals surface area contributed by atoms with Gasteiger partial charge in [-0.25, -0.2) is 4.79 Å². The zero-order valence-corrected chi connectivity index (χ0v) is 11.1. The number of carbonyl (C=O) groups is 2. The second kappa shape index (κ2) is 7.03. The number of carbonyl (C=O) groups excluding carboxylic acids is 2. The average Bonchev–Trinajstić information content (AvgIpc) is 2.33. The van der Waals surface area contributed by atoms with Crippen molar-refractivity contribution in [3.8, 4) is 0 Å². The summed E-state index contributed by atoms with van der Waals surface area (Å²) >= 11 is 11.7. The molecule has 0 unspecified atom stereocenters. The summed E-state index contributed by atoms with van der Waals surface area (Å²) < 4.78 is 4.67. The molecule has 96 valence electrons. The molecular formula is C12H11Cl2NO3. The lowest BCUT2D eigenvalue weighted by molar-refractivity contribution is -0.142. The summed E-state index contributed by atoms with van der Waals surface area (Å²) in [6, 6.07) is 4.85. The van der Waals surface area contributed by atoms with E-state index in [9.17, 15) is 9.59 Å². The first-order valence-corrected chi connectivity index (χ1v) is 5.83. The van der Waals surface area contributed by atoms with Gasteiger partial charge in [-0.05, 0) is 19.1 Å². The van der Waals surface area contributed by atoms with Crippen molar-refractivity contribution in [1.82, 2.24) is 0 Å². The smallest absolute Gasteiger partial charge is 0.330 e. The Hall–Kier alpha value is -1.52. The van der Waals surface area contributed by atoms with Gasteiger partial charge in [0.05, 0.1) is 15.7 Å². The highest BCUT2D eigenvalue weighted by atomic mass is 35.5. The largest absolute Gasteiger partial charge is 0.452 e. The molecule has 6 heteroatoms. The second-order valence-corrected chi connectivity index (χ2v) is 4.04. The molecule has 0 aliphatic rings. The summed E-state index contributed by atoms with van der Waals surface area (Å²) in [4.78, 5) is 22.5. The molecule has 1 amide bonds. The van der Waals surface area contributed by atoms with Crippen LogP contribution in [0.3, 0.4) is 0 Å². The average molecular weight is 288 g/mol. The number of nitrogens with one attached hydrogen (secondary N) is 1. The summed E-state index contributed by atoms with van der Waals surface area (Å²) in [7, 11) is 0. The van der Waals surface area contributed by atoms with E-state index in [1.807, 2.05) is 0 Å². The van der Waals surface area contributed by atoms with Crippen molar-refractivity contribution >= 4 is 40.8 Å². The van der Waals surface area contributed by atoms with E-state index >= 15 is 0 Å². The van der Waals surface area contributed by atoms with Crippen molar-refractivity contribution in [2.75, 3.05) is 11.9 Å². The van der Waals surface area contributed by atoms with Crippen molar-refractivity contribution < 1.29 is 14.3 Å². The number of ether oxygens (including phenoxy) is 1. The Kier molecular flexibility index (Phi) is 5.68. The Balaban J connectivity index is 2.55. The minimum absolute atomic E-state index is 0.243. The molecule has 0 bridgehead atoms. The SMILES string of the molecule is C/C=C/C(=O)OCC(=O)Nc1cccc(Cl)c1Cl. The molecule has 0 saturated carbocycles. The maximum absolute atomic E-state index is 11.5. The van der Waals surface area contributed by atoms with Gasteiger partial charge in [0.25, 0.3) is 5.91 Å². The van der Waals surface area contributed by atoms with Gasteiger partial charge in [-0.2, -0.15) is 0 Å². The standard InChI is InChI=1S/C12H11Cl2NO3/c1-2-4-11(17)18-7-10(16)15-9-6-3-5-8(13)12(9)14/h2-6H,7H2,1H3,(H,15,16)/b4-2+. The number of anilines is 1. The third-order valence-corrected chi connectivity index (χ3v) is 2.69. The number of allylic oxidation sites excluding steroid dienone is 1. The summed E-state index contributed by atoms with van der Waals surface area (Å²) in [5.74, 6) is -1.07. The monoisotopic (exact) mass is 287 g/mol. The van der Waals surface area contributed by atoms with Gasteiger partial charge in [-0.1, -0.05) is 35.3 Å². The molecule has 18 heavy (non-hydrogen) atoms. The highest BCUT2D eigenvalue weighted by Crippen LogP contribution is 2.29. The number of benzene rings is 1. The lowest BCUT2D eigenvalue weighted by atomic mass is 10.3. The van der Waals surface area contributed by atoms with E-state index in [4.69, 9.17) is 23.2 Å². The number of hydrogen-bond acceptors (Lipinski definition) is 3. The van der Waals surface area contributed by atoms with Crippen molar-refractivity contribution in [1.29, 1.82) is 0 Å². The van der Waals surface area contributed by atoms with Crippen LogP contribution in [0, 0.1) is 0 Å². The molecule has 4 nitrogen and oxygen atoms in total. The topological polar surface area (TPSA) is 55.4 Å². The van der Waals surface area contributed by atoms with E-state index in [0.717, 1.165) is 0 Å². The van der Waals surface area contributed by atoms with E-state index in [1.165, 1.54) is 12.2 Å². The van der Waals surface area contributed by atoms with Crippen LogP contribution in [0.5, 0.6) is 0 Å². The Bertz CT molecular complexity index is 486.